The Morgan fingerprint density at radius 1 is 1.10 bits per heavy atom. The van der Waals surface area contributed by atoms with Crippen LogP contribution in [0.3, 0.4) is 0 Å². The van der Waals surface area contributed by atoms with Crippen molar-refractivity contribution in [2.45, 2.75) is 26.3 Å². The highest BCUT2D eigenvalue weighted by Crippen LogP contribution is 2.09. The summed E-state index contributed by atoms with van der Waals surface area (Å²) in [5.41, 5.74) is 1.35. The largest absolute Gasteiger partial charge is 0.340 e. The molecule has 1 aromatic carbocycles. The highest BCUT2D eigenvalue weighted by atomic mass is 16.2. The Morgan fingerprint density at radius 3 is 2.48 bits per heavy atom. The third-order valence-corrected chi connectivity index (χ3v) is 3.92. The summed E-state index contributed by atoms with van der Waals surface area (Å²) in [5, 5.41) is 3.29. The smallest absolute Gasteiger partial charge is 0.223 e. The second-order valence-corrected chi connectivity index (χ2v) is 5.64. The summed E-state index contributed by atoms with van der Waals surface area (Å²) in [5.74, 6) is 0.290. The lowest BCUT2D eigenvalue weighted by molar-refractivity contribution is -0.132. The summed E-state index contributed by atoms with van der Waals surface area (Å²) in [6, 6.07) is 10.5. The molecule has 4 heteroatoms. The van der Waals surface area contributed by atoms with Crippen molar-refractivity contribution < 1.29 is 4.79 Å². The Hall–Kier alpha value is -1.39. The molecule has 1 aliphatic heterocycles. The zero-order valence-corrected chi connectivity index (χ0v) is 13.1. The molecular formula is C17H27N3O. The maximum Gasteiger partial charge on any atom is 0.223 e. The number of benzene rings is 1. The van der Waals surface area contributed by atoms with Gasteiger partial charge in [-0.15, -0.1) is 0 Å². The lowest BCUT2D eigenvalue weighted by atomic mass is 10.2. The number of carbonyl (C=O) groups is 1. The third-order valence-electron chi connectivity index (χ3n) is 3.92. The average Bonchev–Trinajstić information content (AvgIpc) is 2.53. The van der Waals surface area contributed by atoms with Gasteiger partial charge in [0.25, 0.3) is 0 Å². The fraction of sp³-hybridized carbons (Fsp3) is 0.588. The number of hydrogen-bond acceptors (Lipinski definition) is 3. The van der Waals surface area contributed by atoms with Gasteiger partial charge in [-0.3, -0.25) is 9.69 Å². The van der Waals surface area contributed by atoms with Crippen LogP contribution in [0.25, 0.3) is 0 Å². The van der Waals surface area contributed by atoms with E-state index in [0.29, 0.717) is 6.42 Å². The van der Waals surface area contributed by atoms with E-state index < -0.39 is 0 Å². The SMILES string of the molecule is CCCNCCC(=O)N1CCN(Cc2ccccc2)CC1. The molecule has 2 rings (SSSR count). The Balaban J connectivity index is 1.67. The Kier molecular flexibility index (Phi) is 6.70. The van der Waals surface area contributed by atoms with E-state index in [1.807, 2.05) is 11.0 Å². The number of carbonyl (C=O) groups excluding carboxylic acids is 1. The lowest BCUT2D eigenvalue weighted by Gasteiger charge is -2.34. The van der Waals surface area contributed by atoms with Gasteiger partial charge >= 0.3 is 0 Å². The summed E-state index contributed by atoms with van der Waals surface area (Å²) < 4.78 is 0. The molecule has 1 fully saturated rings. The van der Waals surface area contributed by atoms with E-state index in [4.69, 9.17) is 0 Å². The molecule has 1 amide bonds. The van der Waals surface area contributed by atoms with Crippen LogP contribution in [0.5, 0.6) is 0 Å². The van der Waals surface area contributed by atoms with Crippen LogP contribution in [-0.4, -0.2) is 55.0 Å². The van der Waals surface area contributed by atoms with E-state index in [2.05, 4.69) is 41.4 Å². The van der Waals surface area contributed by atoms with Gasteiger partial charge in [0, 0.05) is 45.7 Å². The molecule has 4 nitrogen and oxygen atoms in total. The third kappa shape index (κ3) is 5.48. The highest BCUT2D eigenvalue weighted by molar-refractivity contribution is 5.76. The Labute approximate surface area is 128 Å². The number of nitrogens with zero attached hydrogens (tertiary/aromatic N) is 2. The monoisotopic (exact) mass is 289 g/mol. The maximum absolute atomic E-state index is 12.1. The molecule has 1 heterocycles. The Bertz CT molecular complexity index is 413. The minimum Gasteiger partial charge on any atom is -0.340 e. The first kappa shape index (κ1) is 16.0. The van der Waals surface area contributed by atoms with Crippen molar-refractivity contribution in [2.75, 3.05) is 39.3 Å². The van der Waals surface area contributed by atoms with Gasteiger partial charge in [0.05, 0.1) is 0 Å². The van der Waals surface area contributed by atoms with Crippen molar-refractivity contribution in [3.63, 3.8) is 0 Å². The standard InChI is InChI=1S/C17H27N3O/c1-2-9-18-10-8-17(21)20-13-11-19(12-14-20)15-16-6-4-3-5-7-16/h3-7,18H,2,8-15H2,1H3. The lowest BCUT2D eigenvalue weighted by Crippen LogP contribution is -2.48. The van der Waals surface area contributed by atoms with Gasteiger partial charge in [0.1, 0.15) is 0 Å². The van der Waals surface area contributed by atoms with Crippen molar-refractivity contribution in [3.05, 3.63) is 35.9 Å². The molecule has 0 aliphatic carbocycles. The van der Waals surface area contributed by atoms with E-state index in [1.165, 1.54) is 5.56 Å². The summed E-state index contributed by atoms with van der Waals surface area (Å²) in [4.78, 5) is 16.5. The quantitative estimate of drug-likeness (QED) is 0.776. The second-order valence-electron chi connectivity index (χ2n) is 5.64. The van der Waals surface area contributed by atoms with Gasteiger partial charge in [-0.25, -0.2) is 0 Å². The van der Waals surface area contributed by atoms with Gasteiger partial charge in [-0.1, -0.05) is 37.3 Å². The molecule has 1 N–H and O–H groups in total. The van der Waals surface area contributed by atoms with Crippen LogP contribution < -0.4 is 5.32 Å². The van der Waals surface area contributed by atoms with Crippen LogP contribution in [-0.2, 0) is 11.3 Å². The fourth-order valence-corrected chi connectivity index (χ4v) is 2.65. The highest BCUT2D eigenvalue weighted by Gasteiger charge is 2.20. The van der Waals surface area contributed by atoms with E-state index >= 15 is 0 Å². The molecule has 0 atom stereocenters. The van der Waals surface area contributed by atoms with Crippen LogP contribution >= 0.6 is 0 Å². The van der Waals surface area contributed by atoms with Gasteiger partial charge < -0.3 is 10.2 Å². The molecule has 0 unspecified atom stereocenters. The van der Waals surface area contributed by atoms with Crippen molar-refractivity contribution in [3.8, 4) is 0 Å². The number of rotatable bonds is 7. The van der Waals surface area contributed by atoms with Crippen molar-refractivity contribution in [1.29, 1.82) is 0 Å². The minimum absolute atomic E-state index is 0.290. The molecular weight excluding hydrogens is 262 g/mol. The van der Waals surface area contributed by atoms with Crippen molar-refractivity contribution >= 4 is 5.91 Å². The fourth-order valence-electron chi connectivity index (χ4n) is 2.65. The maximum atomic E-state index is 12.1. The second kappa shape index (κ2) is 8.80. The van der Waals surface area contributed by atoms with E-state index in [9.17, 15) is 4.79 Å². The molecule has 1 saturated heterocycles. The van der Waals surface area contributed by atoms with Crippen LogP contribution in [0, 0.1) is 0 Å². The first-order valence-electron chi connectivity index (χ1n) is 8.04. The first-order valence-corrected chi connectivity index (χ1v) is 8.04. The average molecular weight is 289 g/mol. The number of hydrogen-bond donors (Lipinski definition) is 1. The van der Waals surface area contributed by atoms with Crippen LogP contribution in [0.1, 0.15) is 25.3 Å². The Morgan fingerprint density at radius 2 is 1.81 bits per heavy atom. The van der Waals surface area contributed by atoms with Crippen LogP contribution in [0.15, 0.2) is 30.3 Å². The van der Waals surface area contributed by atoms with Gasteiger partial charge in [-0.05, 0) is 18.5 Å². The summed E-state index contributed by atoms with van der Waals surface area (Å²) >= 11 is 0. The molecule has 0 radical (unpaired) electrons. The number of nitrogens with one attached hydrogen (secondary N) is 1. The van der Waals surface area contributed by atoms with E-state index in [1.54, 1.807) is 0 Å². The van der Waals surface area contributed by atoms with Crippen molar-refractivity contribution in [2.24, 2.45) is 0 Å². The molecule has 21 heavy (non-hydrogen) atoms. The zero-order chi connectivity index (χ0) is 14.9. The number of piperazine rings is 1. The van der Waals surface area contributed by atoms with E-state index in [-0.39, 0.29) is 5.91 Å². The van der Waals surface area contributed by atoms with E-state index in [0.717, 1.165) is 52.2 Å². The summed E-state index contributed by atoms with van der Waals surface area (Å²) in [6.45, 7) is 8.60. The molecule has 1 aliphatic rings. The zero-order valence-electron chi connectivity index (χ0n) is 13.1. The minimum atomic E-state index is 0.290. The molecule has 0 saturated carbocycles. The van der Waals surface area contributed by atoms with Gasteiger partial charge in [0.15, 0.2) is 0 Å². The first-order chi connectivity index (χ1) is 10.3. The molecule has 0 bridgehead atoms. The molecule has 116 valence electrons. The molecule has 0 spiro atoms. The topological polar surface area (TPSA) is 35.6 Å². The summed E-state index contributed by atoms with van der Waals surface area (Å²) in [6.07, 6.45) is 1.74. The van der Waals surface area contributed by atoms with Crippen LogP contribution in [0.2, 0.25) is 0 Å². The predicted octanol–water partition coefficient (Wildman–Crippen LogP) is 1.72. The molecule has 1 aromatic rings. The predicted molar refractivity (Wildman–Crippen MR) is 86.1 cm³/mol. The van der Waals surface area contributed by atoms with Crippen LogP contribution in [0.4, 0.5) is 0 Å². The number of amides is 1. The van der Waals surface area contributed by atoms with Gasteiger partial charge in [-0.2, -0.15) is 0 Å². The van der Waals surface area contributed by atoms with Crippen molar-refractivity contribution in [1.82, 2.24) is 15.1 Å². The molecule has 0 aromatic heterocycles. The van der Waals surface area contributed by atoms with Gasteiger partial charge in [0.2, 0.25) is 5.91 Å². The normalized spacial score (nSPS) is 16.1. The summed E-state index contributed by atoms with van der Waals surface area (Å²) in [7, 11) is 0.